The van der Waals surface area contributed by atoms with Crippen molar-refractivity contribution in [2.24, 2.45) is 11.7 Å². The maximum Gasteiger partial charge on any atom is 0.0488 e. The SMILES string of the molecule is CC(C)CN(C1CCCC1)C(CN)c1cccnc1. The van der Waals surface area contributed by atoms with Gasteiger partial charge in [-0.25, -0.2) is 0 Å². The summed E-state index contributed by atoms with van der Waals surface area (Å²) >= 11 is 0. The van der Waals surface area contributed by atoms with Crippen molar-refractivity contribution in [2.45, 2.75) is 51.6 Å². The van der Waals surface area contributed by atoms with Gasteiger partial charge in [0, 0.05) is 37.6 Å². The Hall–Kier alpha value is -0.930. The van der Waals surface area contributed by atoms with Crippen molar-refractivity contribution in [3.05, 3.63) is 30.1 Å². The molecule has 1 atom stereocenters. The zero-order valence-corrected chi connectivity index (χ0v) is 12.3. The fourth-order valence-electron chi connectivity index (χ4n) is 3.22. The molecule has 19 heavy (non-hydrogen) atoms. The van der Waals surface area contributed by atoms with Gasteiger partial charge in [0.25, 0.3) is 0 Å². The normalized spacial score (nSPS) is 18.4. The zero-order valence-electron chi connectivity index (χ0n) is 12.3. The number of hydrogen-bond acceptors (Lipinski definition) is 3. The lowest BCUT2D eigenvalue weighted by atomic mass is 10.0. The Morgan fingerprint density at radius 2 is 2.11 bits per heavy atom. The third kappa shape index (κ3) is 3.77. The number of hydrogen-bond donors (Lipinski definition) is 1. The van der Waals surface area contributed by atoms with Crippen LogP contribution in [-0.2, 0) is 0 Å². The van der Waals surface area contributed by atoms with E-state index in [4.69, 9.17) is 5.73 Å². The topological polar surface area (TPSA) is 42.1 Å². The minimum Gasteiger partial charge on any atom is -0.329 e. The van der Waals surface area contributed by atoms with Gasteiger partial charge in [0.1, 0.15) is 0 Å². The summed E-state index contributed by atoms with van der Waals surface area (Å²) in [5, 5.41) is 0. The van der Waals surface area contributed by atoms with E-state index in [0.29, 0.717) is 24.5 Å². The summed E-state index contributed by atoms with van der Waals surface area (Å²) in [5.41, 5.74) is 7.34. The van der Waals surface area contributed by atoms with Crippen LogP contribution in [-0.4, -0.2) is 29.0 Å². The molecule has 0 spiro atoms. The minimum atomic E-state index is 0.319. The highest BCUT2D eigenvalue weighted by atomic mass is 15.2. The van der Waals surface area contributed by atoms with E-state index in [-0.39, 0.29) is 0 Å². The zero-order chi connectivity index (χ0) is 13.7. The summed E-state index contributed by atoms with van der Waals surface area (Å²) < 4.78 is 0. The molecule has 3 heteroatoms. The van der Waals surface area contributed by atoms with Crippen LogP contribution < -0.4 is 5.73 Å². The van der Waals surface area contributed by atoms with Gasteiger partial charge in [-0.05, 0) is 30.4 Å². The molecule has 0 aromatic carbocycles. The third-order valence-electron chi connectivity index (χ3n) is 4.06. The van der Waals surface area contributed by atoms with Crippen molar-refractivity contribution >= 4 is 0 Å². The predicted molar refractivity (Wildman–Crippen MR) is 79.8 cm³/mol. The molecule has 1 unspecified atom stereocenters. The molecule has 106 valence electrons. The molecule has 0 radical (unpaired) electrons. The molecule has 1 saturated carbocycles. The van der Waals surface area contributed by atoms with E-state index in [1.54, 1.807) is 0 Å². The van der Waals surface area contributed by atoms with Gasteiger partial charge >= 0.3 is 0 Å². The van der Waals surface area contributed by atoms with Gasteiger partial charge in [-0.3, -0.25) is 9.88 Å². The first-order chi connectivity index (χ1) is 9.22. The molecule has 1 fully saturated rings. The van der Waals surface area contributed by atoms with Crippen molar-refractivity contribution in [1.29, 1.82) is 0 Å². The molecule has 1 aromatic rings. The fraction of sp³-hybridized carbons (Fsp3) is 0.688. The second-order valence-electron chi connectivity index (χ2n) is 6.07. The summed E-state index contributed by atoms with van der Waals surface area (Å²) in [5.74, 6) is 0.673. The molecule has 1 aliphatic rings. The molecule has 0 bridgehead atoms. The summed E-state index contributed by atoms with van der Waals surface area (Å²) in [4.78, 5) is 6.89. The van der Waals surface area contributed by atoms with Crippen LogP contribution >= 0.6 is 0 Å². The molecule has 2 N–H and O–H groups in total. The first-order valence-corrected chi connectivity index (χ1v) is 7.58. The van der Waals surface area contributed by atoms with E-state index in [0.717, 1.165) is 6.54 Å². The van der Waals surface area contributed by atoms with Crippen molar-refractivity contribution in [1.82, 2.24) is 9.88 Å². The second-order valence-corrected chi connectivity index (χ2v) is 6.07. The van der Waals surface area contributed by atoms with Gasteiger partial charge in [-0.2, -0.15) is 0 Å². The maximum absolute atomic E-state index is 6.08. The standard InChI is InChI=1S/C16H27N3/c1-13(2)12-19(15-7-3-4-8-15)16(10-17)14-6-5-9-18-11-14/h5-6,9,11,13,15-16H,3-4,7-8,10,12,17H2,1-2H3. The summed E-state index contributed by atoms with van der Waals surface area (Å²) in [6, 6.07) is 5.20. The highest BCUT2D eigenvalue weighted by Crippen LogP contribution is 2.31. The number of nitrogens with zero attached hydrogens (tertiary/aromatic N) is 2. The molecular formula is C16H27N3. The van der Waals surface area contributed by atoms with Gasteiger partial charge in [-0.1, -0.05) is 32.8 Å². The van der Waals surface area contributed by atoms with Crippen LogP contribution in [0.15, 0.2) is 24.5 Å². The first kappa shape index (κ1) is 14.5. The second kappa shape index (κ2) is 7.01. The molecule has 0 amide bonds. The molecule has 2 rings (SSSR count). The van der Waals surface area contributed by atoms with Crippen molar-refractivity contribution < 1.29 is 0 Å². The lowest BCUT2D eigenvalue weighted by Crippen LogP contribution is -2.42. The van der Waals surface area contributed by atoms with Crippen LogP contribution in [0.5, 0.6) is 0 Å². The Kier molecular flexibility index (Phi) is 5.34. The Bertz CT molecular complexity index is 358. The van der Waals surface area contributed by atoms with Crippen LogP contribution in [0.25, 0.3) is 0 Å². The summed E-state index contributed by atoms with van der Waals surface area (Å²) in [6.07, 6.45) is 9.18. The monoisotopic (exact) mass is 261 g/mol. The third-order valence-corrected chi connectivity index (χ3v) is 4.06. The Balaban J connectivity index is 2.18. The predicted octanol–water partition coefficient (Wildman–Crippen LogP) is 2.98. The molecule has 1 aromatic heterocycles. The van der Waals surface area contributed by atoms with Gasteiger partial charge in [0.05, 0.1) is 0 Å². The van der Waals surface area contributed by atoms with Crippen molar-refractivity contribution in [3.63, 3.8) is 0 Å². The molecular weight excluding hydrogens is 234 g/mol. The quantitative estimate of drug-likeness (QED) is 0.856. The Morgan fingerprint density at radius 3 is 2.63 bits per heavy atom. The van der Waals surface area contributed by atoms with Gasteiger partial charge < -0.3 is 5.73 Å². The summed E-state index contributed by atoms with van der Waals surface area (Å²) in [6.45, 7) is 6.38. The number of nitrogens with two attached hydrogens (primary N) is 1. The largest absolute Gasteiger partial charge is 0.329 e. The van der Waals surface area contributed by atoms with E-state index >= 15 is 0 Å². The molecule has 1 heterocycles. The number of rotatable bonds is 6. The van der Waals surface area contributed by atoms with Crippen LogP contribution in [0.4, 0.5) is 0 Å². The Labute approximate surface area is 117 Å². The minimum absolute atomic E-state index is 0.319. The fourth-order valence-corrected chi connectivity index (χ4v) is 3.22. The van der Waals surface area contributed by atoms with E-state index in [1.807, 2.05) is 18.5 Å². The average Bonchev–Trinajstić information content (AvgIpc) is 2.93. The molecule has 1 aliphatic carbocycles. The van der Waals surface area contributed by atoms with Gasteiger partial charge in [0.2, 0.25) is 0 Å². The van der Waals surface area contributed by atoms with Gasteiger partial charge in [0.15, 0.2) is 0 Å². The van der Waals surface area contributed by atoms with Gasteiger partial charge in [-0.15, -0.1) is 0 Å². The molecule has 3 nitrogen and oxygen atoms in total. The Morgan fingerprint density at radius 1 is 1.37 bits per heavy atom. The molecule has 0 saturated heterocycles. The van der Waals surface area contributed by atoms with Crippen LogP contribution in [0.3, 0.4) is 0 Å². The number of pyridine rings is 1. The van der Waals surface area contributed by atoms with Crippen molar-refractivity contribution in [3.8, 4) is 0 Å². The first-order valence-electron chi connectivity index (χ1n) is 7.58. The highest BCUT2D eigenvalue weighted by Gasteiger charge is 2.29. The van der Waals surface area contributed by atoms with E-state index in [1.165, 1.54) is 31.2 Å². The number of aromatic nitrogens is 1. The highest BCUT2D eigenvalue weighted by molar-refractivity contribution is 5.15. The smallest absolute Gasteiger partial charge is 0.0488 e. The maximum atomic E-state index is 6.08. The molecule has 0 aliphatic heterocycles. The van der Waals surface area contributed by atoms with Crippen molar-refractivity contribution in [2.75, 3.05) is 13.1 Å². The van der Waals surface area contributed by atoms with Crippen LogP contribution in [0.2, 0.25) is 0 Å². The average molecular weight is 261 g/mol. The van der Waals surface area contributed by atoms with E-state index in [9.17, 15) is 0 Å². The summed E-state index contributed by atoms with van der Waals surface area (Å²) in [7, 11) is 0. The van der Waals surface area contributed by atoms with Crippen LogP contribution in [0.1, 0.15) is 51.1 Å². The lowest BCUT2D eigenvalue weighted by molar-refractivity contribution is 0.121. The lowest BCUT2D eigenvalue weighted by Gasteiger charge is -2.37. The van der Waals surface area contributed by atoms with E-state index in [2.05, 4.69) is 29.8 Å². The van der Waals surface area contributed by atoms with Crippen LogP contribution in [0, 0.1) is 5.92 Å². The van der Waals surface area contributed by atoms with E-state index < -0.39 is 0 Å².